The van der Waals surface area contributed by atoms with Crippen LogP contribution in [0, 0.1) is 0 Å². The maximum Gasteiger partial charge on any atom is 0.417 e. The van der Waals surface area contributed by atoms with Gasteiger partial charge in [0.2, 0.25) is 5.90 Å². The molecular weight excluding hydrogens is 389 g/mol. The lowest BCUT2D eigenvalue weighted by atomic mass is 10.1. The lowest BCUT2D eigenvalue weighted by Crippen LogP contribution is -2.20. The summed E-state index contributed by atoms with van der Waals surface area (Å²) in [5, 5.41) is -0.308. The Labute approximate surface area is 156 Å². The van der Waals surface area contributed by atoms with Gasteiger partial charge in [0, 0.05) is 17.8 Å². The molecule has 0 saturated heterocycles. The van der Waals surface area contributed by atoms with Crippen LogP contribution in [0.25, 0.3) is 0 Å². The summed E-state index contributed by atoms with van der Waals surface area (Å²) in [7, 11) is 2.87. The van der Waals surface area contributed by atoms with E-state index >= 15 is 0 Å². The number of methoxy groups -OCH3 is 2. The molecule has 0 amide bonds. The summed E-state index contributed by atoms with van der Waals surface area (Å²) < 4.78 is 54.2. The summed E-state index contributed by atoms with van der Waals surface area (Å²) in [6, 6.07) is 3.77. The second kappa shape index (κ2) is 7.07. The van der Waals surface area contributed by atoms with Crippen molar-refractivity contribution in [1.82, 2.24) is 4.98 Å². The van der Waals surface area contributed by atoms with Crippen molar-refractivity contribution in [2.75, 3.05) is 14.2 Å². The number of rotatable bonds is 4. The zero-order valence-corrected chi connectivity index (χ0v) is 14.8. The van der Waals surface area contributed by atoms with Crippen molar-refractivity contribution in [2.24, 2.45) is 4.99 Å². The SMILES string of the molecule is COc1cc2c(cc1OC)C(C=O)OC(c1ncc(C(F)(F)F)cc1Cl)=N2. The topological polar surface area (TPSA) is 70.0 Å². The van der Waals surface area contributed by atoms with Crippen LogP contribution in [-0.4, -0.2) is 31.4 Å². The first kappa shape index (κ1) is 19.0. The first-order chi connectivity index (χ1) is 12.8. The highest BCUT2D eigenvalue weighted by Gasteiger charge is 2.33. The molecule has 1 aliphatic rings. The number of halogens is 4. The third-order valence-electron chi connectivity index (χ3n) is 3.79. The molecule has 0 radical (unpaired) electrons. The molecule has 3 rings (SSSR count). The third-order valence-corrected chi connectivity index (χ3v) is 4.08. The number of ether oxygens (including phenoxy) is 3. The molecule has 1 aromatic heterocycles. The van der Waals surface area contributed by atoms with Crippen LogP contribution in [0.15, 0.2) is 29.4 Å². The zero-order chi connectivity index (χ0) is 19.8. The molecule has 2 heterocycles. The van der Waals surface area contributed by atoms with Crippen LogP contribution in [0.2, 0.25) is 5.02 Å². The van der Waals surface area contributed by atoms with Crippen LogP contribution in [0.3, 0.4) is 0 Å². The molecule has 0 spiro atoms. The molecule has 0 fully saturated rings. The highest BCUT2D eigenvalue weighted by atomic mass is 35.5. The van der Waals surface area contributed by atoms with E-state index in [-0.39, 0.29) is 16.6 Å². The van der Waals surface area contributed by atoms with E-state index < -0.39 is 17.8 Å². The van der Waals surface area contributed by atoms with Gasteiger partial charge in [0.1, 0.15) is 5.69 Å². The summed E-state index contributed by atoms with van der Waals surface area (Å²) in [4.78, 5) is 19.4. The fourth-order valence-corrected chi connectivity index (χ4v) is 2.74. The Kier molecular flexibility index (Phi) is 4.97. The smallest absolute Gasteiger partial charge is 0.417 e. The van der Waals surface area contributed by atoms with Gasteiger partial charge in [-0.25, -0.2) is 9.98 Å². The Morgan fingerprint density at radius 1 is 1.19 bits per heavy atom. The molecule has 0 N–H and O–H groups in total. The van der Waals surface area contributed by atoms with Crippen molar-refractivity contribution in [3.05, 3.63) is 46.2 Å². The fraction of sp³-hybridized carbons (Fsp3) is 0.235. The molecule has 0 bridgehead atoms. The first-order valence-corrected chi connectivity index (χ1v) is 7.86. The van der Waals surface area contributed by atoms with Crippen molar-refractivity contribution in [2.45, 2.75) is 12.3 Å². The number of fused-ring (bicyclic) bond motifs is 1. The Balaban J connectivity index is 2.11. The second-order valence-electron chi connectivity index (χ2n) is 5.41. The van der Waals surface area contributed by atoms with Gasteiger partial charge in [-0.2, -0.15) is 13.2 Å². The normalized spacial score (nSPS) is 16.1. The van der Waals surface area contributed by atoms with Gasteiger partial charge in [0.05, 0.1) is 30.5 Å². The number of aliphatic imine (C=N–C) groups is 1. The summed E-state index contributed by atoms with van der Waals surface area (Å²) in [6.45, 7) is 0. The maximum atomic E-state index is 12.8. The number of carbonyl (C=O) groups excluding carboxylic acids is 1. The molecule has 0 saturated carbocycles. The predicted octanol–water partition coefficient (Wildman–Crippen LogP) is 4.12. The summed E-state index contributed by atoms with van der Waals surface area (Å²) >= 11 is 5.94. The standard InChI is InChI=1S/C17H12ClF3N2O4/c1-25-12-4-9-11(5-13(12)26-2)23-16(27-14(9)7-24)15-10(18)3-8(6-22-15)17(19,20)21/h3-7,14H,1-2H3. The largest absolute Gasteiger partial charge is 0.493 e. The number of alkyl halides is 3. The lowest BCUT2D eigenvalue weighted by molar-refractivity contribution is -0.137. The Hall–Kier alpha value is -2.81. The minimum Gasteiger partial charge on any atom is -0.493 e. The number of benzene rings is 1. The van der Waals surface area contributed by atoms with Crippen molar-refractivity contribution in [3.8, 4) is 11.5 Å². The van der Waals surface area contributed by atoms with Crippen LogP contribution in [-0.2, 0) is 15.7 Å². The molecule has 142 valence electrons. The molecule has 1 unspecified atom stereocenters. The van der Waals surface area contributed by atoms with E-state index in [0.717, 1.165) is 6.07 Å². The highest BCUT2D eigenvalue weighted by molar-refractivity contribution is 6.33. The Morgan fingerprint density at radius 3 is 2.41 bits per heavy atom. The van der Waals surface area contributed by atoms with E-state index in [1.807, 2.05) is 0 Å². The van der Waals surface area contributed by atoms with Gasteiger partial charge in [-0.05, 0) is 12.1 Å². The highest BCUT2D eigenvalue weighted by Crippen LogP contribution is 2.41. The number of nitrogens with zero attached hydrogens (tertiary/aromatic N) is 2. The molecule has 6 nitrogen and oxygen atoms in total. The summed E-state index contributed by atoms with van der Waals surface area (Å²) in [5.74, 6) is 0.555. The van der Waals surface area contributed by atoms with Crippen molar-refractivity contribution < 1.29 is 32.2 Å². The number of carbonyl (C=O) groups is 1. The number of aldehydes is 1. The van der Waals surface area contributed by atoms with Crippen LogP contribution < -0.4 is 9.47 Å². The molecule has 2 aromatic rings. The Bertz CT molecular complexity index is 931. The van der Waals surface area contributed by atoms with Gasteiger partial charge in [-0.1, -0.05) is 11.6 Å². The minimum absolute atomic E-state index is 0.114. The average molecular weight is 401 g/mol. The molecular formula is C17H12ClF3N2O4. The van der Waals surface area contributed by atoms with Gasteiger partial charge >= 0.3 is 6.18 Å². The van der Waals surface area contributed by atoms with Crippen LogP contribution in [0.1, 0.15) is 22.9 Å². The van der Waals surface area contributed by atoms with Crippen LogP contribution in [0.4, 0.5) is 18.9 Å². The number of pyridine rings is 1. The predicted molar refractivity (Wildman–Crippen MR) is 89.9 cm³/mol. The third kappa shape index (κ3) is 3.55. The lowest BCUT2D eigenvalue weighted by Gasteiger charge is -2.23. The van der Waals surface area contributed by atoms with E-state index in [2.05, 4.69) is 9.98 Å². The number of aromatic nitrogens is 1. The van der Waals surface area contributed by atoms with E-state index in [4.69, 9.17) is 25.8 Å². The molecule has 1 aromatic carbocycles. The van der Waals surface area contributed by atoms with E-state index in [0.29, 0.717) is 35.2 Å². The second-order valence-corrected chi connectivity index (χ2v) is 5.82. The van der Waals surface area contributed by atoms with Gasteiger partial charge in [0.25, 0.3) is 0 Å². The van der Waals surface area contributed by atoms with Gasteiger partial charge in [-0.15, -0.1) is 0 Å². The molecule has 0 aliphatic carbocycles. The van der Waals surface area contributed by atoms with E-state index in [1.54, 1.807) is 0 Å². The van der Waals surface area contributed by atoms with E-state index in [1.165, 1.54) is 26.4 Å². The molecule has 27 heavy (non-hydrogen) atoms. The monoisotopic (exact) mass is 400 g/mol. The average Bonchev–Trinajstić information content (AvgIpc) is 2.65. The fourth-order valence-electron chi connectivity index (χ4n) is 2.49. The first-order valence-electron chi connectivity index (χ1n) is 7.48. The van der Waals surface area contributed by atoms with Crippen molar-refractivity contribution in [1.29, 1.82) is 0 Å². The molecule has 1 atom stereocenters. The summed E-state index contributed by atoms with van der Waals surface area (Å²) in [5.41, 5.74) is -0.387. The van der Waals surface area contributed by atoms with Gasteiger partial charge in [-0.3, -0.25) is 4.79 Å². The van der Waals surface area contributed by atoms with Crippen molar-refractivity contribution in [3.63, 3.8) is 0 Å². The van der Waals surface area contributed by atoms with E-state index in [9.17, 15) is 18.0 Å². The maximum absolute atomic E-state index is 12.8. The Morgan fingerprint density at radius 2 is 1.85 bits per heavy atom. The molecule has 10 heteroatoms. The molecule has 1 aliphatic heterocycles. The summed E-state index contributed by atoms with van der Waals surface area (Å²) in [6.07, 6.45) is -4.51. The van der Waals surface area contributed by atoms with Gasteiger partial charge in [0.15, 0.2) is 23.9 Å². The van der Waals surface area contributed by atoms with Crippen molar-refractivity contribution >= 4 is 29.5 Å². The van der Waals surface area contributed by atoms with Gasteiger partial charge < -0.3 is 14.2 Å². The quantitative estimate of drug-likeness (QED) is 0.722. The number of hydrogen-bond acceptors (Lipinski definition) is 6. The van der Waals surface area contributed by atoms with Crippen LogP contribution in [0.5, 0.6) is 11.5 Å². The van der Waals surface area contributed by atoms with Crippen LogP contribution >= 0.6 is 11.6 Å². The number of hydrogen-bond donors (Lipinski definition) is 0. The minimum atomic E-state index is -4.59. The zero-order valence-electron chi connectivity index (χ0n) is 14.0.